The van der Waals surface area contributed by atoms with Crippen molar-refractivity contribution in [3.05, 3.63) is 0 Å². The molecule has 2 aliphatic rings. The molecule has 3 amide bonds. The van der Waals surface area contributed by atoms with Gasteiger partial charge >= 0.3 is 0 Å². The molecule has 0 saturated carbocycles. The molecule has 0 bridgehead atoms. The second-order valence-electron chi connectivity index (χ2n) is 4.08. The van der Waals surface area contributed by atoms with Gasteiger partial charge < -0.3 is 4.90 Å². The number of amides is 3. The second kappa shape index (κ2) is 3.73. The minimum atomic E-state index is -0.505. The zero-order valence-corrected chi connectivity index (χ0v) is 10.2. The zero-order valence-electron chi connectivity index (χ0n) is 8.09. The van der Waals surface area contributed by atoms with Gasteiger partial charge in [0.25, 0.3) is 3.91 Å². The fraction of sp³-hybridized carbons (Fsp3) is 0.667. The molecule has 1 N–H and O–H groups in total. The van der Waals surface area contributed by atoms with Gasteiger partial charge in [-0.15, -0.1) is 0 Å². The molecule has 0 aromatic carbocycles. The van der Waals surface area contributed by atoms with Crippen molar-refractivity contribution in [2.24, 2.45) is 5.41 Å². The lowest BCUT2D eigenvalue weighted by molar-refractivity contribution is -0.141. The van der Waals surface area contributed by atoms with Gasteiger partial charge in [0.1, 0.15) is 0 Å². The first-order valence-corrected chi connectivity index (χ1v) is 5.90. The Balaban J connectivity index is 2.12. The van der Waals surface area contributed by atoms with E-state index in [1.54, 1.807) is 27.5 Å². The van der Waals surface area contributed by atoms with Gasteiger partial charge in [-0.25, -0.2) is 0 Å². The van der Waals surface area contributed by atoms with Crippen LogP contribution in [0.25, 0.3) is 0 Å². The Labute approximate surface area is 101 Å². The van der Waals surface area contributed by atoms with Gasteiger partial charge in [0.15, 0.2) is 0 Å². The Morgan fingerprint density at radius 1 is 1.40 bits per heavy atom. The molecule has 82 valence electrons. The Morgan fingerprint density at radius 3 is 2.67 bits per heavy atom. The van der Waals surface area contributed by atoms with E-state index in [2.05, 4.69) is 5.32 Å². The second-order valence-corrected chi connectivity index (χ2v) is 5.00. The molecular weight excluding hydrogens is 311 g/mol. The Kier molecular flexibility index (Phi) is 2.70. The van der Waals surface area contributed by atoms with Crippen LogP contribution in [0.1, 0.15) is 19.3 Å². The van der Waals surface area contributed by atoms with Gasteiger partial charge in [0.2, 0.25) is 11.8 Å². The fourth-order valence-corrected chi connectivity index (χ4v) is 2.61. The molecule has 1 unspecified atom stereocenters. The highest BCUT2D eigenvalue weighted by molar-refractivity contribution is 14.1. The molecule has 1 spiro atoms. The van der Waals surface area contributed by atoms with Gasteiger partial charge in [-0.05, 0) is 12.8 Å². The molecule has 6 heteroatoms. The highest BCUT2D eigenvalue weighted by atomic mass is 127. The van der Waals surface area contributed by atoms with Gasteiger partial charge in [-0.1, -0.05) is 0 Å². The van der Waals surface area contributed by atoms with Crippen LogP contribution in [0.3, 0.4) is 0 Å². The maximum absolute atomic E-state index is 11.7. The number of nitrogens with zero attached hydrogens (tertiary/aromatic N) is 1. The topological polar surface area (TPSA) is 66.5 Å². The summed E-state index contributed by atoms with van der Waals surface area (Å²) in [5.41, 5.74) is -0.505. The number of hydrogen-bond donors (Lipinski definition) is 1. The van der Waals surface area contributed by atoms with Crippen molar-refractivity contribution in [3.63, 3.8) is 0 Å². The summed E-state index contributed by atoms with van der Waals surface area (Å²) < 4.78 is -0.0332. The monoisotopic (exact) mass is 322 g/mol. The van der Waals surface area contributed by atoms with E-state index in [9.17, 15) is 14.4 Å². The van der Waals surface area contributed by atoms with E-state index in [4.69, 9.17) is 0 Å². The summed E-state index contributed by atoms with van der Waals surface area (Å²) in [4.78, 5) is 35.6. The normalized spacial score (nSPS) is 30.9. The van der Waals surface area contributed by atoms with Crippen molar-refractivity contribution in [2.75, 3.05) is 13.1 Å². The van der Waals surface area contributed by atoms with Crippen LogP contribution in [-0.4, -0.2) is 33.7 Å². The van der Waals surface area contributed by atoms with Crippen molar-refractivity contribution in [1.29, 1.82) is 0 Å². The molecule has 2 heterocycles. The summed E-state index contributed by atoms with van der Waals surface area (Å²) in [5.74, 6) is -0.413. The van der Waals surface area contributed by atoms with Crippen LogP contribution in [0, 0.1) is 5.41 Å². The van der Waals surface area contributed by atoms with Crippen LogP contribution in [-0.2, 0) is 9.59 Å². The minimum absolute atomic E-state index is 0.0332. The van der Waals surface area contributed by atoms with E-state index in [0.29, 0.717) is 32.4 Å². The molecule has 5 nitrogen and oxygen atoms in total. The third-order valence-electron chi connectivity index (χ3n) is 3.17. The molecule has 2 fully saturated rings. The average molecular weight is 322 g/mol. The Morgan fingerprint density at radius 2 is 2.13 bits per heavy atom. The van der Waals surface area contributed by atoms with Crippen molar-refractivity contribution in [3.8, 4) is 0 Å². The Bertz CT molecular complexity index is 344. The van der Waals surface area contributed by atoms with Gasteiger partial charge in [0, 0.05) is 42.1 Å². The largest absolute Gasteiger partial charge is 0.333 e. The predicted molar refractivity (Wildman–Crippen MR) is 60.4 cm³/mol. The highest BCUT2D eigenvalue weighted by Gasteiger charge is 2.48. The van der Waals surface area contributed by atoms with Gasteiger partial charge in [-0.2, -0.15) is 0 Å². The first kappa shape index (κ1) is 10.8. The van der Waals surface area contributed by atoms with E-state index in [0.717, 1.165) is 0 Å². The first-order valence-electron chi connectivity index (χ1n) is 4.82. The summed E-state index contributed by atoms with van der Waals surface area (Å²) in [6, 6.07) is 0. The summed E-state index contributed by atoms with van der Waals surface area (Å²) >= 11 is 1.72. The van der Waals surface area contributed by atoms with E-state index in [-0.39, 0.29) is 15.7 Å². The van der Waals surface area contributed by atoms with Crippen LogP contribution < -0.4 is 5.32 Å². The number of nitrogens with one attached hydrogen (secondary N) is 1. The number of hydrogen-bond acceptors (Lipinski definition) is 3. The van der Waals surface area contributed by atoms with Crippen molar-refractivity contribution < 1.29 is 14.4 Å². The number of halogens is 1. The molecule has 0 radical (unpaired) electrons. The summed E-state index contributed by atoms with van der Waals surface area (Å²) in [6.07, 6.45) is 1.62. The SMILES string of the molecule is O=C1CCC2(CCN(C(=O)I)C2)C(=O)N1. The smallest absolute Gasteiger partial charge is 0.283 e. The zero-order chi connectivity index (χ0) is 11.1. The molecule has 2 saturated heterocycles. The molecule has 2 rings (SSSR count). The van der Waals surface area contributed by atoms with Crippen LogP contribution in [0.4, 0.5) is 4.79 Å². The van der Waals surface area contributed by atoms with Crippen LogP contribution in [0.5, 0.6) is 0 Å². The van der Waals surface area contributed by atoms with Crippen molar-refractivity contribution in [2.45, 2.75) is 19.3 Å². The van der Waals surface area contributed by atoms with Crippen molar-refractivity contribution >= 4 is 38.3 Å². The maximum atomic E-state index is 11.7. The molecular formula is C9H11IN2O3. The maximum Gasteiger partial charge on any atom is 0.283 e. The Hall–Kier alpha value is -0.660. The molecule has 0 aliphatic carbocycles. The van der Waals surface area contributed by atoms with Crippen molar-refractivity contribution in [1.82, 2.24) is 10.2 Å². The number of rotatable bonds is 0. The highest BCUT2D eigenvalue weighted by Crippen LogP contribution is 2.38. The minimum Gasteiger partial charge on any atom is -0.333 e. The summed E-state index contributed by atoms with van der Waals surface area (Å²) in [6.45, 7) is 1.07. The van der Waals surface area contributed by atoms with Crippen LogP contribution in [0.15, 0.2) is 0 Å². The number of carbonyl (C=O) groups excluding carboxylic acids is 3. The summed E-state index contributed by atoms with van der Waals surface area (Å²) in [5, 5.41) is 2.35. The lowest BCUT2D eigenvalue weighted by Gasteiger charge is -2.30. The summed E-state index contributed by atoms with van der Waals surface area (Å²) in [7, 11) is 0. The van der Waals surface area contributed by atoms with E-state index >= 15 is 0 Å². The molecule has 0 aromatic heterocycles. The first-order chi connectivity index (χ1) is 7.03. The van der Waals surface area contributed by atoms with Gasteiger partial charge in [-0.3, -0.25) is 19.7 Å². The van der Waals surface area contributed by atoms with E-state index < -0.39 is 5.41 Å². The van der Waals surface area contributed by atoms with Crippen LogP contribution in [0.2, 0.25) is 0 Å². The quantitative estimate of drug-likeness (QED) is 0.309. The molecule has 15 heavy (non-hydrogen) atoms. The number of imide groups is 1. The number of piperidine rings is 1. The molecule has 1 atom stereocenters. The molecule has 0 aromatic rings. The van der Waals surface area contributed by atoms with Crippen LogP contribution >= 0.6 is 22.6 Å². The van der Waals surface area contributed by atoms with E-state index in [1.165, 1.54) is 0 Å². The third-order valence-corrected chi connectivity index (χ3v) is 3.85. The third kappa shape index (κ3) is 1.86. The lowest BCUT2D eigenvalue weighted by atomic mass is 9.79. The van der Waals surface area contributed by atoms with Gasteiger partial charge in [0.05, 0.1) is 5.41 Å². The average Bonchev–Trinajstić information content (AvgIpc) is 2.58. The molecule has 2 aliphatic heterocycles. The predicted octanol–water partition coefficient (Wildman–Crippen LogP) is 0.670. The number of likely N-dealkylation sites (tertiary alicyclic amines) is 1. The van der Waals surface area contributed by atoms with E-state index in [1.807, 2.05) is 0 Å². The number of carbonyl (C=O) groups is 3. The standard InChI is InChI=1S/C9H11IN2O3/c10-8(15)12-4-3-9(5-12)2-1-6(13)11-7(9)14/h1-5H2,(H,11,13,14). The fourth-order valence-electron chi connectivity index (χ4n) is 2.20. The lowest BCUT2D eigenvalue weighted by Crippen LogP contribution is -2.50.